The summed E-state index contributed by atoms with van der Waals surface area (Å²) in [6, 6.07) is 8.11. The predicted molar refractivity (Wildman–Crippen MR) is 209 cm³/mol. The zero-order chi connectivity index (χ0) is 39.9. The Bertz CT molecular complexity index is 1520. The molecule has 0 spiro atoms. The minimum atomic E-state index is -1.18. The third-order valence-corrected chi connectivity index (χ3v) is 11.2. The second-order valence-corrected chi connectivity index (χ2v) is 15.9. The molecule has 7 atom stereocenters. The van der Waals surface area contributed by atoms with Gasteiger partial charge in [-0.3, -0.25) is 29.5 Å². The van der Waals surface area contributed by atoms with E-state index in [1.807, 2.05) is 76.9 Å². The summed E-state index contributed by atoms with van der Waals surface area (Å²) in [6.45, 7) is 12.4. The Hall–Kier alpha value is -4.08. The molecule has 2 aromatic rings. The Morgan fingerprint density at radius 1 is 1.06 bits per heavy atom. The molecular weight excluding hydrogens is 711 g/mol. The molecule has 1 aliphatic heterocycles. The van der Waals surface area contributed by atoms with Crippen LogP contribution in [0, 0.1) is 17.8 Å². The molecule has 300 valence electrons. The number of nitrogens with one attached hydrogen (secondary N) is 4. The summed E-state index contributed by atoms with van der Waals surface area (Å²) in [6.07, 6.45) is 2.83. The highest BCUT2D eigenvalue weighted by molar-refractivity contribution is 7.09. The van der Waals surface area contributed by atoms with Crippen LogP contribution in [0.4, 0.5) is 4.79 Å². The van der Waals surface area contributed by atoms with E-state index in [1.165, 1.54) is 18.3 Å². The summed E-state index contributed by atoms with van der Waals surface area (Å²) >= 11 is 1.21. The molecular formula is C39H61N7O7S. The zero-order valence-corrected chi connectivity index (χ0v) is 33.9. The summed E-state index contributed by atoms with van der Waals surface area (Å²) in [4.78, 5) is 72.9. The zero-order valence-electron chi connectivity index (χ0n) is 33.1. The number of carboxylic acid groups (broad SMARTS) is 1. The first-order chi connectivity index (χ1) is 25.6. The lowest BCUT2D eigenvalue weighted by atomic mass is 9.92. The van der Waals surface area contributed by atoms with Crippen LogP contribution >= 0.6 is 11.3 Å². The number of likely N-dealkylation sites (N-methyl/N-ethyl adjacent to an activating group) is 2. The van der Waals surface area contributed by atoms with E-state index in [1.54, 1.807) is 17.3 Å². The number of ether oxygens (including phenoxy) is 1. The molecule has 15 heteroatoms. The van der Waals surface area contributed by atoms with Crippen LogP contribution in [0.2, 0.25) is 0 Å². The molecule has 1 saturated heterocycles. The number of amides is 4. The van der Waals surface area contributed by atoms with Gasteiger partial charge in [0.15, 0.2) is 6.10 Å². The van der Waals surface area contributed by atoms with Gasteiger partial charge < -0.3 is 25.4 Å². The summed E-state index contributed by atoms with van der Waals surface area (Å²) < 4.78 is 5.80. The van der Waals surface area contributed by atoms with Crippen molar-refractivity contribution < 1.29 is 33.8 Å². The predicted octanol–water partition coefficient (Wildman–Crippen LogP) is 4.78. The van der Waals surface area contributed by atoms with E-state index in [-0.39, 0.29) is 65.7 Å². The van der Waals surface area contributed by atoms with Gasteiger partial charge in [0.25, 0.3) is 5.91 Å². The summed E-state index contributed by atoms with van der Waals surface area (Å²) in [5, 5.41) is 17.2. The maximum Gasteiger partial charge on any atom is 0.419 e. The van der Waals surface area contributed by atoms with Gasteiger partial charge in [0.2, 0.25) is 11.8 Å². The number of piperidine rings is 1. The molecule has 0 radical (unpaired) electrons. The van der Waals surface area contributed by atoms with Crippen molar-refractivity contribution in [3.05, 3.63) is 52.0 Å². The van der Waals surface area contributed by atoms with E-state index < -0.39 is 24.2 Å². The molecule has 1 aliphatic rings. The molecule has 14 nitrogen and oxygen atoms in total. The number of carbonyl (C=O) groups excluding carboxylic acids is 4. The van der Waals surface area contributed by atoms with E-state index in [9.17, 15) is 24.0 Å². The van der Waals surface area contributed by atoms with Crippen molar-refractivity contribution in [1.82, 2.24) is 36.3 Å². The largest absolute Gasteiger partial charge is 0.464 e. The van der Waals surface area contributed by atoms with Crippen LogP contribution in [-0.4, -0.2) is 101 Å². The minimum absolute atomic E-state index is 0.0136. The number of benzene rings is 1. The first kappa shape index (κ1) is 44.3. The second-order valence-electron chi connectivity index (χ2n) is 15.0. The molecule has 0 bridgehead atoms. The quantitative estimate of drug-likeness (QED) is 0.0929. The molecule has 4 amide bonds. The Balaban J connectivity index is 1.79. The lowest BCUT2D eigenvalue weighted by Crippen LogP contribution is -2.58. The Kier molecular flexibility index (Phi) is 17.8. The maximum atomic E-state index is 14.2. The van der Waals surface area contributed by atoms with E-state index in [2.05, 4.69) is 26.5 Å². The van der Waals surface area contributed by atoms with Crippen molar-refractivity contribution >= 4 is 41.1 Å². The average Bonchev–Trinajstić information content (AvgIpc) is 3.62. The van der Waals surface area contributed by atoms with Crippen LogP contribution in [-0.2, 0) is 25.5 Å². The van der Waals surface area contributed by atoms with E-state index in [4.69, 9.17) is 9.84 Å². The molecule has 1 aromatic heterocycles. The van der Waals surface area contributed by atoms with Crippen molar-refractivity contribution in [3.63, 3.8) is 0 Å². The first-order valence-electron chi connectivity index (χ1n) is 19.1. The lowest BCUT2D eigenvalue weighted by Gasteiger charge is -2.38. The summed E-state index contributed by atoms with van der Waals surface area (Å²) in [5.74, 6) is -1.37. The van der Waals surface area contributed by atoms with Crippen molar-refractivity contribution in [2.45, 2.75) is 117 Å². The SMILES string of the molecule is CC[C@H](C)[C@H](NC(=O)[C@H]1CCCCN1C)C(=O)N(C)[C@H](C[C@@H](OC(C)=O)c1nc(C(=O)N[C@@H](Cc2ccccc2)C[C@H](C)CNNC(=O)O)cs1)C(C)C. The molecule has 54 heavy (non-hydrogen) atoms. The smallest absolute Gasteiger partial charge is 0.419 e. The van der Waals surface area contributed by atoms with Crippen molar-refractivity contribution in [2.24, 2.45) is 17.8 Å². The highest BCUT2D eigenvalue weighted by Crippen LogP contribution is 2.31. The summed E-state index contributed by atoms with van der Waals surface area (Å²) in [7, 11) is 3.67. The van der Waals surface area contributed by atoms with Gasteiger partial charge in [0, 0.05) is 44.4 Å². The van der Waals surface area contributed by atoms with Crippen LogP contribution in [0.3, 0.4) is 0 Å². The number of hydrazine groups is 1. The third kappa shape index (κ3) is 13.6. The number of esters is 1. The maximum absolute atomic E-state index is 14.2. The number of nitrogens with zero attached hydrogens (tertiary/aromatic N) is 3. The molecule has 0 saturated carbocycles. The third-order valence-electron chi connectivity index (χ3n) is 10.3. The standard InChI is InChI=1S/C39H61N7O7S/c1-9-26(5)34(43-36(49)31-17-13-14-18-45(31)7)38(50)46(8)32(24(2)3)21-33(53-27(6)47)37-42-30(23-54-37)35(48)41-29(20-28-15-11-10-12-16-28)19-25(4)22-40-44-39(51)52/h10-12,15-16,23-26,29,31-34,40,44H,9,13-14,17-22H2,1-8H3,(H,41,48)(H,43,49)(H,51,52)/t25-,26-,29+,31+,32+,33+,34-/m0/s1. The van der Waals surface area contributed by atoms with Crippen LogP contribution in [0.1, 0.15) is 107 Å². The number of thiazole rings is 1. The van der Waals surface area contributed by atoms with Gasteiger partial charge in [-0.2, -0.15) is 0 Å². The molecule has 3 rings (SSSR count). The number of hydrogen-bond acceptors (Lipinski definition) is 10. The van der Waals surface area contributed by atoms with Crippen LogP contribution in [0.5, 0.6) is 0 Å². The van der Waals surface area contributed by atoms with Crippen LogP contribution in [0.15, 0.2) is 35.7 Å². The lowest BCUT2D eigenvalue weighted by molar-refractivity contribution is -0.149. The number of hydrogen-bond donors (Lipinski definition) is 5. The van der Waals surface area contributed by atoms with Gasteiger partial charge in [0.1, 0.15) is 16.7 Å². The number of carbonyl (C=O) groups is 5. The van der Waals surface area contributed by atoms with Gasteiger partial charge in [-0.15, -0.1) is 11.3 Å². The second kappa shape index (κ2) is 21.7. The number of rotatable bonds is 20. The van der Waals surface area contributed by atoms with Crippen LogP contribution in [0.25, 0.3) is 0 Å². The monoisotopic (exact) mass is 771 g/mol. The van der Waals surface area contributed by atoms with Crippen molar-refractivity contribution in [1.29, 1.82) is 0 Å². The molecule has 2 heterocycles. The highest BCUT2D eigenvalue weighted by Gasteiger charge is 2.37. The fourth-order valence-corrected chi connectivity index (χ4v) is 7.82. The number of likely N-dealkylation sites (tertiary alicyclic amines) is 1. The van der Waals surface area contributed by atoms with Gasteiger partial charge in [-0.1, -0.05) is 77.8 Å². The Morgan fingerprint density at radius 2 is 1.76 bits per heavy atom. The van der Waals surface area contributed by atoms with E-state index >= 15 is 0 Å². The Labute approximate surface area is 324 Å². The molecule has 5 N–H and O–H groups in total. The molecule has 0 aliphatic carbocycles. The summed E-state index contributed by atoms with van der Waals surface area (Å²) in [5.41, 5.74) is 6.06. The normalized spacial score (nSPS) is 18.1. The van der Waals surface area contributed by atoms with Gasteiger partial charge >= 0.3 is 12.1 Å². The van der Waals surface area contributed by atoms with Gasteiger partial charge in [0.05, 0.1) is 6.04 Å². The fourth-order valence-electron chi connectivity index (χ4n) is 6.98. The van der Waals surface area contributed by atoms with Gasteiger partial charge in [-0.25, -0.2) is 15.2 Å². The topological polar surface area (TPSA) is 182 Å². The van der Waals surface area contributed by atoms with Crippen molar-refractivity contribution in [3.8, 4) is 0 Å². The Morgan fingerprint density at radius 3 is 2.37 bits per heavy atom. The van der Waals surface area contributed by atoms with Crippen molar-refractivity contribution in [2.75, 3.05) is 27.2 Å². The fraction of sp³-hybridized carbons (Fsp3) is 0.641. The van der Waals surface area contributed by atoms with Crippen LogP contribution < -0.4 is 21.5 Å². The van der Waals surface area contributed by atoms with Gasteiger partial charge in [-0.05, 0) is 62.6 Å². The first-order valence-corrected chi connectivity index (χ1v) is 20.0. The molecule has 0 unspecified atom stereocenters. The average molecular weight is 772 g/mol. The highest BCUT2D eigenvalue weighted by atomic mass is 32.1. The number of aromatic nitrogens is 1. The van der Waals surface area contributed by atoms with E-state index in [0.29, 0.717) is 30.8 Å². The molecule has 1 fully saturated rings. The minimum Gasteiger partial charge on any atom is -0.464 e. The molecule has 1 aromatic carbocycles. The van der Waals surface area contributed by atoms with E-state index in [0.717, 1.165) is 31.4 Å².